The van der Waals surface area contributed by atoms with Crippen LogP contribution in [-0.4, -0.2) is 27.1 Å². The van der Waals surface area contributed by atoms with Gasteiger partial charge in [-0.2, -0.15) is 5.11 Å². The summed E-state index contributed by atoms with van der Waals surface area (Å²) in [6.07, 6.45) is 0. The summed E-state index contributed by atoms with van der Waals surface area (Å²) < 4.78 is 0. The van der Waals surface area contributed by atoms with Gasteiger partial charge in [0.25, 0.3) is 5.69 Å². The summed E-state index contributed by atoms with van der Waals surface area (Å²) in [6.45, 7) is 0. The quantitative estimate of drug-likeness (QED) is 0.341. The Morgan fingerprint density at radius 1 is 0.793 bits per heavy atom. The van der Waals surface area contributed by atoms with E-state index in [0.717, 1.165) is 0 Å². The molecule has 0 bridgehead atoms. The number of carboxylic acid groups (broad SMARTS) is 2. The lowest BCUT2D eigenvalue weighted by Gasteiger charge is -2.07. The molecule has 0 atom stereocenters. The van der Waals surface area contributed by atoms with Crippen LogP contribution in [0.2, 0.25) is 0 Å². The molecule has 9 nitrogen and oxygen atoms in total. The number of non-ortho nitro benzene ring substituents is 1. The van der Waals surface area contributed by atoms with Crippen molar-refractivity contribution in [1.29, 1.82) is 0 Å². The van der Waals surface area contributed by atoms with Crippen LogP contribution in [-0.2, 0) is 0 Å². The molecule has 0 saturated carbocycles. The molecule has 3 rings (SSSR count). The normalized spacial score (nSPS) is 10.8. The van der Waals surface area contributed by atoms with Gasteiger partial charge in [0.15, 0.2) is 0 Å². The lowest BCUT2D eigenvalue weighted by atomic mass is 10.0. The van der Waals surface area contributed by atoms with Crippen LogP contribution in [0.25, 0.3) is 11.1 Å². The van der Waals surface area contributed by atoms with E-state index in [2.05, 4.69) is 10.2 Å². The lowest BCUT2D eigenvalue weighted by molar-refractivity contribution is -0.384. The first-order valence-corrected chi connectivity index (χ1v) is 8.22. The molecule has 0 radical (unpaired) electrons. The van der Waals surface area contributed by atoms with Gasteiger partial charge in [-0.25, -0.2) is 9.59 Å². The highest BCUT2D eigenvalue weighted by Crippen LogP contribution is 2.33. The molecule has 9 heteroatoms. The molecular weight excluding hydrogens is 378 g/mol. The van der Waals surface area contributed by atoms with Gasteiger partial charge in [0.2, 0.25) is 0 Å². The minimum absolute atomic E-state index is 0.00792. The Balaban J connectivity index is 2.00. The number of nitro benzene ring substituents is 1. The minimum atomic E-state index is -1.13. The zero-order valence-electron chi connectivity index (χ0n) is 14.7. The smallest absolute Gasteiger partial charge is 0.335 e. The number of aromatic carboxylic acids is 2. The highest BCUT2D eigenvalue weighted by atomic mass is 16.6. The summed E-state index contributed by atoms with van der Waals surface area (Å²) in [5.74, 6) is -2.19. The molecule has 0 aromatic heterocycles. The first kappa shape index (κ1) is 19.4. The van der Waals surface area contributed by atoms with E-state index in [1.54, 1.807) is 18.2 Å². The molecule has 0 unspecified atom stereocenters. The number of benzene rings is 3. The molecular formula is C20H13N3O6. The third kappa shape index (κ3) is 4.48. The van der Waals surface area contributed by atoms with E-state index < -0.39 is 16.9 Å². The van der Waals surface area contributed by atoms with Gasteiger partial charge >= 0.3 is 11.9 Å². The maximum Gasteiger partial charge on any atom is 0.335 e. The molecule has 0 amide bonds. The zero-order valence-corrected chi connectivity index (χ0v) is 14.7. The Labute approximate surface area is 163 Å². The van der Waals surface area contributed by atoms with Gasteiger partial charge in [-0.05, 0) is 42.0 Å². The number of azo groups is 1. The fourth-order valence-corrected chi connectivity index (χ4v) is 2.54. The van der Waals surface area contributed by atoms with Crippen molar-refractivity contribution < 1.29 is 24.7 Å². The van der Waals surface area contributed by atoms with Crippen LogP contribution in [0.4, 0.5) is 17.1 Å². The molecule has 0 aliphatic carbocycles. The fourth-order valence-electron chi connectivity index (χ4n) is 2.54. The summed E-state index contributed by atoms with van der Waals surface area (Å²) in [4.78, 5) is 32.5. The van der Waals surface area contributed by atoms with Gasteiger partial charge in [0, 0.05) is 17.7 Å². The molecule has 0 spiro atoms. The van der Waals surface area contributed by atoms with Crippen molar-refractivity contribution in [3.8, 4) is 11.1 Å². The second-order valence-corrected chi connectivity index (χ2v) is 5.89. The summed E-state index contributed by atoms with van der Waals surface area (Å²) >= 11 is 0. The maximum absolute atomic E-state index is 11.3. The average Bonchev–Trinajstić information content (AvgIpc) is 2.72. The second-order valence-electron chi connectivity index (χ2n) is 5.89. The highest BCUT2D eigenvalue weighted by Gasteiger charge is 2.11. The maximum atomic E-state index is 11.3. The molecule has 0 fully saturated rings. The first-order chi connectivity index (χ1) is 13.8. The van der Waals surface area contributed by atoms with Crippen molar-refractivity contribution >= 4 is 29.0 Å². The van der Waals surface area contributed by atoms with Crippen molar-refractivity contribution in [2.45, 2.75) is 0 Å². The zero-order chi connectivity index (χ0) is 21.0. The molecule has 29 heavy (non-hydrogen) atoms. The molecule has 2 N–H and O–H groups in total. The van der Waals surface area contributed by atoms with E-state index in [1.807, 2.05) is 0 Å². The van der Waals surface area contributed by atoms with Crippen molar-refractivity contribution in [2.75, 3.05) is 0 Å². The number of nitrogens with zero attached hydrogens (tertiary/aromatic N) is 3. The number of hydrogen-bond donors (Lipinski definition) is 2. The van der Waals surface area contributed by atoms with Crippen molar-refractivity contribution in [1.82, 2.24) is 0 Å². The molecule has 0 saturated heterocycles. The first-order valence-electron chi connectivity index (χ1n) is 8.22. The van der Waals surface area contributed by atoms with E-state index in [0.29, 0.717) is 16.8 Å². The summed E-state index contributed by atoms with van der Waals surface area (Å²) in [7, 11) is 0. The average molecular weight is 391 g/mol. The van der Waals surface area contributed by atoms with Crippen LogP contribution in [0.3, 0.4) is 0 Å². The number of carboxylic acids is 2. The predicted octanol–water partition coefficient (Wildman–Crippen LogP) is 5.07. The molecule has 144 valence electrons. The number of nitro groups is 1. The highest BCUT2D eigenvalue weighted by molar-refractivity contribution is 5.92. The van der Waals surface area contributed by atoms with Gasteiger partial charge in [0.05, 0.1) is 27.4 Å². The van der Waals surface area contributed by atoms with Crippen molar-refractivity contribution in [3.05, 3.63) is 88.0 Å². The number of rotatable bonds is 6. The van der Waals surface area contributed by atoms with Crippen LogP contribution in [0.5, 0.6) is 0 Å². The van der Waals surface area contributed by atoms with Crippen LogP contribution in [0.1, 0.15) is 20.7 Å². The van der Waals surface area contributed by atoms with E-state index in [9.17, 15) is 24.8 Å². The third-order valence-corrected chi connectivity index (χ3v) is 4.02. The van der Waals surface area contributed by atoms with Crippen LogP contribution in [0.15, 0.2) is 77.0 Å². The topological polar surface area (TPSA) is 142 Å². The third-order valence-electron chi connectivity index (χ3n) is 4.02. The minimum Gasteiger partial charge on any atom is -0.478 e. The Morgan fingerprint density at radius 3 is 1.93 bits per heavy atom. The lowest BCUT2D eigenvalue weighted by Crippen LogP contribution is -1.96. The standard InChI is InChI=1S/C20H13N3O6/c24-19(25)13-3-1-12(2-4-13)17-10-5-14(20(26)27)11-18(17)22-21-15-6-8-16(9-7-15)23(28)29/h1-11H,(H,24,25)(H,26,27). The molecule has 0 heterocycles. The Hall–Kier alpha value is -4.40. The summed E-state index contributed by atoms with van der Waals surface area (Å²) in [5, 5.41) is 37.1. The number of carbonyl (C=O) groups is 2. The molecule has 0 aliphatic rings. The Bertz CT molecular complexity index is 1120. The van der Waals surface area contributed by atoms with Crippen molar-refractivity contribution in [2.24, 2.45) is 10.2 Å². The SMILES string of the molecule is O=C(O)c1ccc(-c2ccc(C(=O)O)cc2N=Nc2ccc([N+](=O)[O-])cc2)cc1. The summed E-state index contributed by atoms with van der Waals surface area (Å²) in [6, 6.07) is 15.8. The molecule has 3 aromatic rings. The second kappa shape index (κ2) is 8.09. The van der Waals surface area contributed by atoms with Crippen LogP contribution >= 0.6 is 0 Å². The monoisotopic (exact) mass is 391 g/mol. The van der Waals surface area contributed by atoms with E-state index in [1.165, 1.54) is 48.5 Å². The Kier molecular flexibility index (Phi) is 5.40. The van der Waals surface area contributed by atoms with Crippen molar-refractivity contribution in [3.63, 3.8) is 0 Å². The Morgan fingerprint density at radius 2 is 1.38 bits per heavy atom. The van der Waals surface area contributed by atoms with E-state index in [4.69, 9.17) is 5.11 Å². The van der Waals surface area contributed by atoms with Crippen LogP contribution < -0.4 is 0 Å². The molecule has 3 aromatic carbocycles. The number of hydrogen-bond acceptors (Lipinski definition) is 6. The summed E-state index contributed by atoms with van der Waals surface area (Å²) in [5.41, 5.74) is 1.83. The predicted molar refractivity (Wildman–Crippen MR) is 103 cm³/mol. The van der Waals surface area contributed by atoms with Gasteiger partial charge in [-0.3, -0.25) is 10.1 Å². The van der Waals surface area contributed by atoms with Gasteiger partial charge in [-0.15, -0.1) is 5.11 Å². The van der Waals surface area contributed by atoms with E-state index >= 15 is 0 Å². The van der Waals surface area contributed by atoms with Crippen LogP contribution in [0, 0.1) is 10.1 Å². The fraction of sp³-hybridized carbons (Fsp3) is 0. The van der Waals surface area contributed by atoms with Gasteiger partial charge in [-0.1, -0.05) is 18.2 Å². The largest absolute Gasteiger partial charge is 0.478 e. The molecule has 0 aliphatic heterocycles. The van der Waals surface area contributed by atoms with E-state index in [-0.39, 0.29) is 22.5 Å². The van der Waals surface area contributed by atoms with Gasteiger partial charge in [0.1, 0.15) is 0 Å². The van der Waals surface area contributed by atoms with Gasteiger partial charge < -0.3 is 10.2 Å².